The largest absolute Gasteiger partial charge is 0.496 e. The lowest BCUT2D eigenvalue weighted by Gasteiger charge is -2.31. The lowest BCUT2D eigenvalue weighted by atomic mass is 9.82. The number of aliphatic imine (C=N–C) groups is 1. The summed E-state index contributed by atoms with van der Waals surface area (Å²) >= 11 is 3.54. The number of nitrogens with one attached hydrogen (secondary N) is 2. The van der Waals surface area contributed by atoms with Gasteiger partial charge in [0.25, 0.3) is 5.91 Å². The maximum Gasteiger partial charge on any atom is 0.266 e. The number of hydrazine groups is 1. The Hall–Kier alpha value is -5.36. The molecule has 0 saturated heterocycles. The van der Waals surface area contributed by atoms with Crippen molar-refractivity contribution in [2.45, 2.75) is 31.0 Å². The third-order valence-corrected chi connectivity index (χ3v) is 9.55. The lowest BCUT2D eigenvalue weighted by Crippen LogP contribution is -2.53. The highest BCUT2D eigenvalue weighted by Gasteiger charge is 2.53. The fourth-order valence-corrected chi connectivity index (χ4v) is 6.51. The summed E-state index contributed by atoms with van der Waals surface area (Å²) in [7, 11) is 4.71. The van der Waals surface area contributed by atoms with Crippen molar-refractivity contribution in [1.82, 2.24) is 10.9 Å². The van der Waals surface area contributed by atoms with Gasteiger partial charge in [-0.2, -0.15) is 0 Å². The number of ether oxygens (including phenoxy) is 5. The van der Waals surface area contributed by atoms with Gasteiger partial charge in [-0.1, -0.05) is 82.7 Å². The van der Waals surface area contributed by atoms with E-state index in [0.717, 1.165) is 26.7 Å². The van der Waals surface area contributed by atoms with Gasteiger partial charge in [-0.25, -0.2) is 10.4 Å². The molecule has 3 N–H and O–H groups in total. The minimum atomic E-state index is -1.44. The minimum Gasteiger partial charge on any atom is -0.496 e. The van der Waals surface area contributed by atoms with Crippen molar-refractivity contribution < 1.29 is 33.6 Å². The number of methoxy groups -OCH3 is 3. The van der Waals surface area contributed by atoms with Gasteiger partial charge in [0, 0.05) is 48.2 Å². The summed E-state index contributed by atoms with van der Waals surface area (Å²) in [6.07, 6.45) is -0.0274. The van der Waals surface area contributed by atoms with Gasteiger partial charge in [-0.15, -0.1) is 0 Å². The van der Waals surface area contributed by atoms with Crippen molar-refractivity contribution >= 4 is 27.7 Å². The number of hydrogen-bond donors (Lipinski definition) is 3. The van der Waals surface area contributed by atoms with Gasteiger partial charge < -0.3 is 28.8 Å². The molecule has 0 fully saturated rings. The first kappa shape index (κ1) is 37.4. The molecule has 53 heavy (non-hydrogen) atoms. The molecule has 1 aliphatic heterocycles. The van der Waals surface area contributed by atoms with Gasteiger partial charge in [-0.05, 0) is 58.7 Å². The maximum atomic E-state index is 14.8. The Morgan fingerprint density at radius 3 is 2.08 bits per heavy atom. The average Bonchev–Trinajstić information content (AvgIpc) is 3.59. The predicted molar refractivity (Wildman–Crippen MR) is 208 cm³/mol. The smallest absolute Gasteiger partial charge is 0.266 e. The molecule has 11 heteroatoms. The molecule has 0 radical (unpaired) electrons. The van der Waals surface area contributed by atoms with Gasteiger partial charge in [0.2, 0.25) is 5.90 Å². The van der Waals surface area contributed by atoms with Gasteiger partial charge >= 0.3 is 0 Å². The lowest BCUT2D eigenvalue weighted by molar-refractivity contribution is -0.130. The normalized spacial score (nSPS) is 16.3. The molecule has 0 bridgehead atoms. The number of carbonyl (C=O) groups excluding carboxylic acids is 1. The summed E-state index contributed by atoms with van der Waals surface area (Å²) < 4.78 is 30.1. The third-order valence-electron chi connectivity index (χ3n) is 9.02. The Labute approximate surface area is 317 Å². The SMILES string of the molecule is COc1cc(OC)c(CNNC(=O)[C@@]2(Cc3ccc(Br)cc3)N=C(c3ccc(OCCCO)cc3)O[C@H]2c2ccc(-c3ccccc3)cc2)c(OC)c1. The summed E-state index contributed by atoms with van der Waals surface area (Å²) in [6.45, 7) is 0.628. The second-order valence-corrected chi connectivity index (χ2v) is 13.3. The van der Waals surface area contributed by atoms with E-state index in [1.807, 2.05) is 91.0 Å². The summed E-state index contributed by atoms with van der Waals surface area (Å²) in [5.74, 6) is 2.25. The monoisotopic (exact) mass is 779 g/mol. The van der Waals surface area contributed by atoms with Crippen LogP contribution in [0.1, 0.15) is 34.8 Å². The highest BCUT2D eigenvalue weighted by molar-refractivity contribution is 9.10. The molecule has 1 amide bonds. The number of carbonyl (C=O) groups is 1. The van der Waals surface area contributed by atoms with Gasteiger partial charge in [0.15, 0.2) is 11.6 Å². The minimum absolute atomic E-state index is 0.0506. The van der Waals surface area contributed by atoms with E-state index >= 15 is 0 Å². The number of aliphatic hydroxyl groups is 1. The topological polar surface area (TPSA) is 120 Å². The van der Waals surface area contributed by atoms with Crippen molar-refractivity contribution in [3.8, 4) is 34.1 Å². The second-order valence-electron chi connectivity index (χ2n) is 12.4. The Balaban J connectivity index is 1.38. The first-order chi connectivity index (χ1) is 25.9. The maximum absolute atomic E-state index is 14.8. The number of nitrogens with zero attached hydrogens (tertiary/aromatic N) is 1. The zero-order chi connectivity index (χ0) is 37.2. The molecule has 1 heterocycles. The van der Waals surface area contributed by atoms with E-state index in [9.17, 15) is 4.79 Å². The summed E-state index contributed by atoms with van der Waals surface area (Å²) in [6, 6.07) is 36.9. The van der Waals surface area contributed by atoms with Crippen LogP contribution in [0.5, 0.6) is 23.0 Å². The first-order valence-corrected chi connectivity index (χ1v) is 18.0. The van der Waals surface area contributed by atoms with Crippen LogP contribution in [-0.4, -0.2) is 57.0 Å². The van der Waals surface area contributed by atoms with Crippen LogP contribution in [0.3, 0.4) is 0 Å². The van der Waals surface area contributed by atoms with E-state index in [1.54, 1.807) is 33.5 Å². The number of benzene rings is 5. The van der Waals surface area contributed by atoms with Crippen LogP contribution in [0.15, 0.2) is 125 Å². The first-order valence-electron chi connectivity index (χ1n) is 17.2. The van der Waals surface area contributed by atoms with E-state index in [2.05, 4.69) is 38.9 Å². The van der Waals surface area contributed by atoms with Gasteiger partial charge in [-0.3, -0.25) is 10.2 Å². The summed E-state index contributed by atoms with van der Waals surface area (Å²) in [5.41, 5.74) is 9.82. The summed E-state index contributed by atoms with van der Waals surface area (Å²) in [5, 5.41) is 9.15. The zero-order valence-electron chi connectivity index (χ0n) is 29.8. The third kappa shape index (κ3) is 8.65. The van der Waals surface area contributed by atoms with E-state index in [0.29, 0.717) is 53.1 Å². The zero-order valence-corrected chi connectivity index (χ0v) is 31.4. The molecule has 0 aliphatic carbocycles. The van der Waals surface area contributed by atoms with Crippen molar-refractivity contribution in [1.29, 1.82) is 0 Å². The number of amides is 1. The molecule has 0 saturated carbocycles. The highest BCUT2D eigenvalue weighted by atomic mass is 79.9. The van der Waals surface area contributed by atoms with E-state index in [1.165, 1.54) is 0 Å². The van der Waals surface area contributed by atoms with E-state index in [-0.39, 0.29) is 25.5 Å². The fourth-order valence-electron chi connectivity index (χ4n) is 6.25. The Morgan fingerprint density at radius 1 is 0.811 bits per heavy atom. The van der Waals surface area contributed by atoms with Crippen LogP contribution in [0.2, 0.25) is 0 Å². The van der Waals surface area contributed by atoms with Crippen LogP contribution >= 0.6 is 15.9 Å². The van der Waals surface area contributed by atoms with Crippen molar-refractivity contribution in [3.63, 3.8) is 0 Å². The molecule has 0 aromatic heterocycles. The average molecular weight is 781 g/mol. The quantitative estimate of drug-likeness (QED) is 0.0710. The standard InChI is InChI=1S/C42H42BrN3O7/c1-49-35-24-37(50-2)36(38(25-35)51-3)27-44-46-41(48)42(26-28-10-18-33(43)19-11-28)39(31-14-12-30(13-15-31)29-8-5-4-6-9-29)53-40(45-42)32-16-20-34(21-17-32)52-23-7-22-47/h4-6,8-21,24-25,39,44,47H,7,22-23,26-27H2,1-3H3,(H,46,48)/t39-,42-/m0/s1. The van der Waals surface area contributed by atoms with Crippen molar-refractivity contribution in [2.24, 2.45) is 4.99 Å². The fraction of sp³-hybridized carbons (Fsp3) is 0.238. The highest BCUT2D eigenvalue weighted by Crippen LogP contribution is 2.43. The Bertz CT molecular complexity index is 1980. The molecule has 6 rings (SSSR count). The Kier molecular flexibility index (Phi) is 12.3. The molecular formula is C42H42BrN3O7. The molecule has 0 spiro atoms. The number of rotatable bonds is 16. The summed E-state index contributed by atoms with van der Waals surface area (Å²) in [4.78, 5) is 20.0. The van der Waals surface area contributed by atoms with E-state index in [4.69, 9.17) is 33.8 Å². The molecule has 5 aromatic carbocycles. The van der Waals surface area contributed by atoms with Gasteiger partial charge in [0.05, 0.1) is 33.5 Å². The number of halogens is 1. The number of aliphatic hydroxyl groups excluding tert-OH is 1. The van der Waals surface area contributed by atoms with Gasteiger partial charge in [0.1, 0.15) is 23.0 Å². The molecule has 2 atom stereocenters. The molecule has 5 aromatic rings. The van der Waals surface area contributed by atoms with Crippen LogP contribution in [-0.2, 0) is 22.5 Å². The van der Waals surface area contributed by atoms with Crippen LogP contribution in [0.4, 0.5) is 0 Å². The van der Waals surface area contributed by atoms with Crippen molar-refractivity contribution in [2.75, 3.05) is 34.5 Å². The van der Waals surface area contributed by atoms with Crippen LogP contribution in [0, 0.1) is 0 Å². The molecule has 0 unspecified atom stereocenters. The molecule has 274 valence electrons. The van der Waals surface area contributed by atoms with Crippen LogP contribution < -0.4 is 29.8 Å². The van der Waals surface area contributed by atoms with Crippen molar-refractivity contribution in [3.05, 3.63) is 142 Å². The van der Waals surface area contributed by atoms with Crippen LogP contribution in [0.25, 0.3) is 11.1 Å². The molecule has 10 nitrogen and oxygen atoms in total. The second kappa shape index (κ2) is 17.4. The Morgan fingerprint density at radius 2 is 1.45 bits per heavy atom. The molecule has 1 aliphatic rings. The number of hydrogen-bond acceptors (Lipinski definition) is 9. The predicted octanol–water partition coefficient (Wildman–Crippen LogP) is 7.22. The van der Waals surface area contributed by atoms with E-state index < -0.39 is 11.6 Å². The molecular weight excluding hydrogens is 738 g/mol.